The molecule has 2 aliphatic rings. The molecule has 2 unspecified atom stereocenters. The standard InChI is InChI=1S/C22H28N4O3/c1-27-19-9-8-15(12-20(19)28-2)21-25-17(13-23)22(29-21)24-14-16-6-5-11-26-10-4-3-7-18(16)26/h8-9,12,16,18,24H,3-7,10-11,14H2,1-2H3. The molecule has 7 heteroatoms. The number of methoxy groups -OCH3 is 2. The van der Waals surface area contributed by atoms with Gasteiger partial charge in [0.2, 0.25) is 17.5 Å². The largest absolute Gasteiger partial charge is 0.493 e. The summed E-state index contributed by atoms with van der Waals surface area (Å²) in [4.78, 5) is 7.02. The topological polar surface area (TPSA) is 83.5 Å². The maximum Gasteiger partial charge on any atom is 0.232 e. The molecule has 0 bridgehead atoms. The number of aromatic nitrogens is 1. The summed E-state index contributed by atoms with van der Waals surface area (Å²) in [5.74, 6) is 2.65. The van der Waals surface area contributed by atoms with E-state index in [2.05, 4.69) is 21.3 Å². The number of benzene rings is 1. The lowest BCUT2D eigenvalue weighted by Crippen LogP contribution is -2.49. The quantitative estimate of drug-likeness (QED) is 0.792. The highest BCUT2D eigenvalue weighted by Crippen LogP contribution is 2.35. The molecule has 4 rings (SSSR count). The van der Waals surface area contributed by atoms with Crippen LogP contribution in [0.4, 0.5) is 5.88 Å². The molecule has 2 aromatic rings. The van der Waals surface area contributed by atoms with Gasteiger partial charge in [0.05, 0.1) is 14.2 Å². The van der Waals surface area contributed by atoms with Crippen LogP contribution in [0, 0.1) is 17.2 Å². The second-order valence-corrected chi connectivity index (χ2v) is 7.76. The first-order chi connectivity index (χ1) is 14.2. The van der Waals surface area contributed by atoms with Crippen LogP contribution in [0.3, 0.4) is 0 Å². The average Bonchev–Trinajstić information content (AvgIpc) is 3.20. The number of anilines is 1. The molecular formula is C22H28N4O3. The highest BCUT2D eigenvalue weighted by Gasteiger charge is 2.33. The molecule has 2 aliphatic heterocycles. The van der Waals surface area contributed by atoms with Crippen LogP contribution in [-0.2, 0) is 0 Å². The number of fused-ring (bicyclic) bond motifs is 1. The van der Waals surface area contributed by atoms with E-state index in [0.29, 0.717) is 35.2 Å². The van der Waals surface area contributed by atoms with E-state index in [1.165, 1.54) is 45.2 Å². The van der Waals surface area contributed by atoms with Crippen molar-refractivity contribution in [3.05, 3.63) is 23.9 Å². The van der Waals surface area contributed by atoms with Gasteiger partial charge in [-0.3, -0.25) is 0 Å². The number of oxazole rings is 1. The van der Waals surface area contributed by atoms with Crippen molar-refractivity contribution in [3.8, 4) is 29.0 Å². The zero-order valence-corrected chi connectivity index (χ0v) is 17.1. The zero-order chi connectivity index (χ0) is 20.2. The van der Waals surface area contributed by atoms with E-state index in [9.17, 15) is 5.26 Å². The fourth-order valence-electron chi connectivity index (χ4n) is 4.65. The van der Waals surface area contributed by atoms with E-state index >= 15 is 0 Å². The minimum absolute atomic E-state index is 0.283. The summed E-state index contributed by atoms with van der Waals surface area (Å²) in [5, 5.41) is 12.9. The summed E-state index contributed by atoms with van der Waals surface area (Å²) in [6.07, 6.45) is 6.34. The minimum Gasteiger partial charge on any atom is -0.493 e. The Balaban J connectivity index is 1.50. The van der Waals surface area contributed by atoms with Crippen molar-refractivity contribution in [1.82, 2.24) is 9.88 Å². The van der Waals surface area contributed by atoms with Gasteiger partial charge in [0.25, 0.3) is 0 Å². The van der Waals surface area contributed by atoms with E-state index in [1.807, 2.05) is 6.07 Å². The molecular weight excluding hydrogens is 368 g/mol. The van der Waals surface area contributed by atoms with Crippen LogP contribution in [0.1, 0.15) is 37.8 Å². The number of nitriles is 1. The first-order valence-corrected chi connectivity index (χ1v) is 10.3. The fraction of sp³-hybridized carbons (Fsp3) is 0.545. The van der Waals surface area contributed by atoms with E-state index < -0.39 is 0 Å². The van der Waals surface area contributed by atoms with Gasteiger partial charge in [-0.2, -0.15) is 10.2 Å². The summed E-state index contributed by atoms with van der Waals surface area (Å²) >= 11 is 0. The van der Waals surface area contributed by atoms with Crippen LogP contribution in [0.15, 0.2) is 22.6 Å². The predicted molar refractivity (Wildman–Crippen MR) is 110 cm³/mol. The van der Waals surface area contributed by atoms with Gasteiger partial charge in [0, 0.05) is 18.2 Å². The second kappa shape index (κ2) is 8.75. The number of piperidine rings is 2. The Hall–Kier alpha value is -2.72. The van der Waals surface area contributed by atoms with E-state index in [4.69, 9.17) is 13.9 Å². The Morgan fingerprint density at radius 2 is 2.00 bits per heavy atom. The Kier molecular flexibility index (Phi) is 5.91. The van der Waals surface area contributed by atoms with Crippen LogP contribution < -0.4 is 14.8 Å². The summed E-state index contributed by atoms with van der Waals surface area (Å²) < 4.78 is 16.6. The van der Waals surface area contributed by atoms with Crippen LogP contribution in [0.5, 0.6) is 11.5 Å². The zero-order valence-electron chi connectivity index (χ0n) is 17.1. The van der Waals surface area contributed by atoms with Crippen molar-refractivity contribution < 1.29 is 13.9 Å². The number of nitrogens with zero attached hydrogens (tertiary/aromatic N) is 3. The van der Waals surface area contributed by atoms with Gasteiger partial charge in [-0.15, -0.1) is 0 Å². The van der Waals surface area contributed by atoms with Gasteiger partial charge >= 0.3 is 0 Å². The highest BCUT2D eigenvalue weighted by molar-refractivity contribution is 5.63. The van der Waals surface area contributed by atoms with Crippen molar-refractivity contribution in [2.24, 2.45) is 5.92 Å². The molecule has 0 saturated carbocycles. The lowest BCUT2D eigenvalue weighted by molar-refractivity contribution is 0.0647. The maximum atomic E-state index is 9.52. The van der Waals surface area contributed by atoms with Gasteiger partial charge in [-0.05, 0) is 62.9 Å². The van der Waals surface area contributed by atoms with Crippen molar-refractivity contribution in [1.29, 1.82) is 5.26 Å². The molecule has 2 atom stereocenters. The lowest BCUT2D eigenvalue weighted by Gasteiger charge is -2.44. The molecule has 3 heterocycles. The predicted octanol–water partition coefficient (Wildman–Crippen LogP) is 3.91. The van der Waals surface area contributed by atoms with Crippen LogP contribution in [0.25, 0.3) is 11.5 Å². The Bertz CT molecular complexity index is 887. The number of hydrogen-bond acceptors (Lipinski definition) is 7. The van der Waals surface area contributed by atoms with Gasteiger partial charge in [0.15, 0.2) is 11.5 Å². The Labute approximate surface area is 171 Å². The molecule has 29 heavy (non-hydrogen) atoms. The van der Waals surface area contributed by atoms with Gasteiger partial charge < -0.3 is 24.1 Å². The fourth-order valence-corrected chi connectivity index (χ4v) is 4.65. The molecule has 1 aromatic heterocycles. The van der Waals surface area contributed by atoms with Crippen LogP contribution >= 0.6 is 0 Å². The third kappa shape index (κ3) is 4.03. The van der Waals surface area contributed by atoms with E-state index in [1.54, 1.807) is 26.4 Å². The number of nitrogens with one attached hydrogen (secondary N) is 1. The van der Waals surface area contributed by atoms with Crippen LogP contribution in [-0.4, -0.2) is 49.8 Å². The van der Waals surface area contributed by atoms with E-state index in [-0.39, 0.29) is 5.69 Å². The molecule has 2 saturated heterocycles. The maximum absolute atomic E-state index is 9.52. The van der Waals surface area contributed by atoms with E-state index in [0.717, 1.165) is 12.1 Å². The molecule has 1 N–H and O–H groups in total. The third-order valence-electron chi connectivity index (χ3n) is 6.12. The first kappa shape index (κ1) is 19.6. The molecule has 2 fully saturated rings. The summed E-state index contributed by atoms with van der Waals surface area (Å²) in [5.41, 5.74) is 1.02. The summed E-state index contributed by atoms with van der Waals surface area (Å²) in [7, 11) is 3.18. The summed E-state index contributed by atoms with van der Waals surface area (Å²) in [6, 6.07) is 8.24. The molecule has 154 valence electrons. The third-order valence-corrected chi connectivity index (χ3v) is 6.12. The highest BCUT2D eigenvalue weighted by atomic mass is 16.5. The Morgan fingerprint density at radius 3 is 2.79 bits per heavy atom. The molecule has 0 spiro atoms. The van der Waals surface area contributed by atoms with Gasteiger partial charge in [-0.1, -0.05) is 6.42 Å². The lowest BCUT2D eigenvalue weighted by atomic mass is 9.83. The molecule has 1 aromatic carbocycles. The number of hydrogen-bond donors (Lipinski definition) is 1. The molecule has 7 nitrogen and oxygen atoms in total. The Morgan fingerprint density at radius 1 is 1.17 bits per heavy atom. The molecule has 0 aliphatic carbocycles. The average molecular weight is 396 g/mol. The SMILES string of the molecule is COc1ccc(-c2nc(C#N)c(NCC3CCCN4CCCCC34)o2)cc1OC. The van der Waals surface area contributed by atoms with Crippen molar-refractivity contribution in [2.75, 3.05) is 39.2 Å². The van der Waals surface area contributed by atoms with Gasteiger partial charge in [-0.25, -0.2) is 0 Å². The monoisotopic (exact) mass is 396 g/mol. The number of rotatable bonds is 6. The number of ether oxygens (including phenoxy) is 2. The van der Waals surface area contributed by atoms with Crippen molar-refractivity contribution >= 4 is 5.88 Å². The molecule has 0 radical (unpaired) electrons. The van der Waals surface area contributed by atoms with Gasteiger partial charge in [0.1, 0.15) is 6.07 Å². The second-order valence-electron chi connectivity index (χ2n) is 7.76. The first-order valence-electron chi connectivity index (χ1n) is 10.3. The van der Waals surface area contributed by atoms with Crippen LogP contribution in [0.2, 0.25) is 0 Å². The summed E-state index contributed by atoms with van der Waals surface area (Å²) in [6.45, 7) is 3.24. The normalized spacial score (nSPS) is 21.8. The smallest absolute Gasteiger partial charge is 0.232 e. The minimum atomic E-state index is 0.283. The molecule has 0 amide bonds. The van der Waals surface area contributed by atoms with Crippen molar-refractivity contribution in [3.63, 3.8) is 0 Å². The van der Waals surface area contributed by atoms with Crippen molar-refractivity contribution in [2.45, 2.75) is 38.1 Å².